The molecule has 1 aromatic heterocycles. The van der Waals surface area contributed by atoms with Crippen molar-refractivity contribution in [1.82, 2.24) is 25.2 Å². The minimum atomic E-state index is -0.00989. The molecule has 4 rings (SSSR count). The molecule has 0 unspecified atom stereocenters. The summed E-state index contributed by atoms with van der Waals surface area (Å²) in [7, 11) is 0. The van der Waals surface area contributed by atoms with Gasteiger partial charge in [-0.2, -0.15) is 0 Å². The maximum atomic E-state index is 13.0. The van der Waals surface area contributed by atoms with Gasteiger partial charge in [0.15, 0.2) is 5.69 Å². The summed E-state index contributed by atoms with van der Waals surface area (Å²) in [5.41, 5.74) is 2.48. The first-order valence-electron chi connectivity index (χ1n) is 10.2. The number of carbonyl (C=O) groups is 1. The van der Waals surface area contributed by atoms with Crippen LogP contribution in [0.5, 0.6) is 5.75 Å². The standard InChI is InChI=1S/C21H29N5O2.ClH/c1-15(2)28-18-6-4-17(5-7-18)26-16(3)19(23-24-26)20(27)25-12-9-21(10-13-25)8-11-22-14-21;/h4-7,15,22H,8-14H2,1-3H3;1H. The van der Waals surface area contributed by atoms with Gasteiger partial charge in [0.2, 0.25) is 0 Å². The summed E-state index contributed by atoms with van der Waals surface area (Å²) in [4.78, 5) is 15.0. The molecule has 2 fully saturated rings. The second-order valence-electron chi connectivity index (χ2n) is 8.31. The van der Waals surface area contributed by atoms with Crippen LogP contribution in [0.3, 0.4) is 0 Å². The second kappa shape index (κ2) is 8.71. The highest BCUT2D eigenvalue weighted by Gasteiger charge is 2.38. The van der Waals surface area contributed by atoms with Crippen LogP contribution in [-0.2, 0) is 0 Å². The van der Waals surface area contributed by atoms with E-state index in [4.69, 9.17) is 4.74 Å². The van der Waals surface area contributed by atoms with Crippen LogP contribution in [0.15, 0.2) is 24.3 Å². The Morgan fingerprint density at radius 3 is 2.45 bits per heavy atom. The topological polar surface area (TPSA) is 72.3 Å². The fraction of sp³-hybridized carbons (Fsp3) is 0.571. The number of hydrogen-bond donors (Lipinski definition) is 1. The van der Waals surface area contributed by atoms with Gasteiger partial charge in [-0.25, -0.2) is 4.68 Å². The number of piperidine rings is 1. The van der Waals surface area contributed by atoms with Gasteiger partial charge in [0.25, 0.3) is 5.91 Å². The zero-order valence-electron chi connectivity index (χ0n) is 17.4. The van der Waals surface area contributed by atoms with Gasteiger partial charge in [0, 0.05) is 19.6 Å². The molecule has 2 aromatic rings. The zero-order valence-corrected chi connectivity index (χ0v) is 18.2. The minimum Gasteiger partial charge on any atom is -0.491 e. The Balaban J connectivity index is 0.00000240. The van der Waals surface area contributed by atoms with Crippen LogP contribution in [0.2, 0.25) is 0 Å². The average Bonchev–Trinajstić information content (AvgIpc) is 3.29. The van der Waals surface area contributed by atoms with Crippen molar-refractivity contribution in [1.29, 1.82) is 0 Å². The molecule has 1 N–H and O–H groups in total. The molecule has 158 valence electrons. The lowest BCUT2D eigenvalue weighted by atomic mass is 9.78. The van der Waals surface area contributed by atoms with Gasteiger partial charge in [-0.3, -0.25) is 4.79 Å². The average molecular weight is 420 g/mol. The van der Waals surface area contributed by atoms with Crippen LogP contribution in [0.4, 0.5) is 0 Å². The van der Waals surface area contributed by atoms with E-state index in [-0.39, 0.29) is 24.4 Å². The molecule has 1 spiro atoms. The lowest BCUT2D eigenvalue weighted by Gasteiger charge is -2.38. The van der Waals surface area contributed by atoms with Crippen LogP contribution >= 0.6 is 12.4 Å². The highest BCUT2D eigenvalue weighted by atomic mass is 35.5. The first-order chi connectivity index (χ1) is 13.5. The number of hydrogen-bond acceptors (Lipinski definition) is 5. The number of rotatable bonds is 4. The molecule has 1 aromatic carbocycles. The monoisotopic (exact) mass is 419 g/mol. The van der Waals surface area contributed by atoms with E-state index in [1.165, 1.54) is 6.42 Å². The van der Waals surface area contributed by atoms with Crippen molar-refractivity contribution in [2.45, 2.75) is 46.1 Å². The normalized spacial score (nSPS) is 18.1. The largest absolute Gasteiger partial charge is 0.491 e. The van der Waals surface area contributed by atoms with Crippen molar-refractivity contribution in [3.05, 3.63) is 35.7 Å². The van der Waals surface area contributed by atoms with Crippen LogP contribution in [0.1, 0.15) is 49.3 Å². The number of nitrogens with zero attached hydrogens (tertiary/aromatic N) is 4. The Hall–Kier alpha value is -2.12. The Morgan fingerprint density at radius 1 is 1.17 bits per heavy atom. The zero-order chi connectivity index (χ0) is 19.7. The van der Waals surface area contributed by atoms with Gasteiger partial charge in [0.1, 0.15) is 5.75 Å². The third-order valence-electron chi connectivity index (χ3n) is 5.99. The number of aromatic nitrogens is 3. The third kappa shape index (κ3) is 4.41. The lowest BCUT2D eigenvalue weighted by Crippen LogP contribution is -2.44. The first-order valence-corrected chi connectivity index (χ1v) is 10.2. The summed E-state index contributed by atoms with van der Waals surface area (Å²) >= 11 is 0. The predicted molar refractivity (Wildman–Crippen MR) is 114 cm³/mol. The molecule has 0 atom stereocenters. The number of halogens is 1. The molecule has 8 heteroatoms. The van der Waals surface area contributed by atoms with Gasteiger partial charge in [0.05, 0.1) is 17.5 Å². The van der Waals surface area contributed by atoms with E-state index < -0.39 is 0 Å². The van der Waals surface area contributed by atoms with Crippen LogP contribution in [-0.4, -0.2) is 58.1 Å². The number of benzene rings is 1. The maximum Gasteiger partial charge on any atom is 0.276 e. The number of carbonyl (C=O) groups excluding carboxylic acids is 1. The Morgan fingerprint density at radius 2 is 1.86 bits per heavy atom. The summed E-state index contributed by atoms with van der Waals surface area (Å²) < 4.78 is 7.41. The predicted octanol–water partition coefficient (Wildman–Crippen LogP) is 3.00. The van der Waals surface area contributed by atoms with E-state index in [1.807, 2.05) is 49.9 Å². The van der Waals surface area contributed by atoms with Gasteiger partial charge in [-0.05, 0) is 76.3 Å². The third-order valence-corrected chi connectivity index (χ3v) is 5.99. The Labute approximate surface area is 178 Å². The second-order valence-corrected chi connectivity index (χ2v) is 8.31. The highest BCUT2D eigenvalue weighted by molar-refractivity contribution is 5.93. The fourth-order valence-electron chi connectivity index (χ4n) is 4.27. The van der Waals surface area contributed by atoms with Crippen molar-refractivity contribution in [2.24, 2.45) is 5.41 Å². The number of likely N-dealkylation sites (tertiary alicyclic amines) is 1. The number of nitrogens with one attached hydrogen (secondary N) is 1. The molecular weight excluding hydrogens is 390 g/mol. The lowest BCUT2D eigenvalue weighted by molar-refractivity contribution is 0.0601. The first kappa shape index (κ1) is 21.6. The van der Waals surface area contributed by atoms with E-state index >= 15 is 0 Å². The maximum absolute atomic E-state index is 13.0. The summed E-state index contributed by atoms with van der Waals surface area (Å²) in [5.74, 6) is 0.806. The van der Waals surface area contributed by atoms with Crippen LogP contribution in [0, 0.1) is 12.3 Å². The van der Waals surface area contributed by atoms with Crippen LogP contribution < -0.4 is 10.1 Å². The summed E-state index contributed by atoms with van der Waals surface area (Å²) in [6.07, 6.45) is 3.49. The molecule has 3 heterocycles. The van der Waals surface area contributed by atoms with Gasteiger partial charge >= 0.3 is 0 Å². The summed E-state index contributed by atoms with van der Waals surface area (Å²) in [5, 5.41) is 11.9. The molecule has 2 aliphatic heterocycles. The smallest absolute Gasteiger partial charge is 0.276 e. The van der Waals surface area contributed by atoms with E-state index in [1.54, 1.807) is 4.68 Å². The summed E-state index contributed by atoms with van der Waals surface area (Å²) in [6.45, 7) is 9.68. The molecule has 0 radical (unpaired) electrons. The fourth-order valence-corrected chi connectivity index (χ4v) is 4.27. The van der Waals surface area contributed by atoms with Crippen molar-refractivity contribution >= 4 is 18.3 Å². The van der Waals surface area contributed by atoms with Gasteiger partial charge < -0.3 is 15.0 Å². The van der Waals surface area contributed by atoms with E-state index in [0.29, 0.717) is 11.1 Å². The Kier molecular flexibility index (Phi) is 6.49. The molecule has 1 amide bonds. The number of ether oxygens (including phenoxy) is 1. The van der Waals surface area contributed by atoms with Gasteiger partial charge in [-0.15, -0.1) is 17.5 Å². The van der Waals surface area contributed by atoms with E-state index in [2.05, 4.69) is 15.6 Å². The molecule has 0 aliphatic carbocycles. The SMILES string of the molecule is Cc1c(C(=O)N2CCC3(CCNC3)CC2)nnn1-c1ccc(OC(C)C)cc1.Cl. The molecule has 7 nitrogen and oxygen atoms in total. The molecule has 0 saturated carbocycles. The molecule has 0 bridgehead atoms. The van der Waals surface area contributed by atoms with Crippen molar-refractivity contribution in [3.8, 4) is 11.4 Å². The Bertz CT molecular complexity index is 833. The van der Waals surface area contributed by atoms with Crippen molar-refractivity contribution in [3.63, 3.8) is 0 Å². The molecule has 29 heavy (non-hydrogen) atoms. The summed E-state index contributed by atoms with van der Waals surface area (Å²) in [6, 6.07) is 7.70. The quantitative estimate of drug-likeness (QED) is 0.824. The molecule has 2 aliphatic rings. The van der Waals surface area contributed by atoms with Crippen LogP contribution in [0.25, 0.3) is 5.69 Å². The van der Waals surface area contributed by atoms with Gasteiger partial charge in [-0.1, -0.05) is 5.21 Å². The molecular formula is C21H30ClN5O2. The number of amides is 1. The van der Waals surface area contributed by atoms with E-state index in [9.17, 15) is 4.79 Å². The van der Waals surface area contributed by atoms with E-state index in [0.717, 1.165) is 56.2 Å². The van der Waals surface area contributed by atoms with Crippen molar-refractivity contribution in [2.75, 3.05) is 26.2 Å². The highest BCUT2D eigenvalue weighted by Crippen LogP contribution is 2.37. The van der Waals surface area contributed by atoms with Crippen molar-refractivity contribution < 1.29 is 9.53 Å². The molecule has 2 saturated heterocycles. The minimum absolute atomic E-state index is 0.